The van der Waals surface area contributed by atoms with Gasteiger partial charge in [-0.2, -0.15) is 0 Å². The molecule has 0 radical (unpaired) electrons. The molecule has 1 spiro atoms. The van der Waals surface area contributed by atoms with Crippen LogP contribution in [0, 0.1) is 0 Å². The van der Waals surface area contributed by atoms with E-state index in [1.54, 1.807) is 13.8 Å². The van der Waals surface area contributed by atoms with E-state index in [-0.39, 0.29) is 17.7 Å². The Morgan fingerprint density at radius 1 is 1.21 bits per heavy atom. The predicted molar refractivity (Wildman–Crippen MR) is 145 cm³/mol. The molecule has 33 heavy (non-hydrogen) atoms. The zero-order valence-corrected chi connectivity index (χ0v) is 23.0. The van der Waals surface area contributed by atoms with Gasteiger partial charge in [0, 0.05) is 51.0 Å². The Morgan fingerprint density at radius 2 is 1.79 bits per heavy atom. The van der Waals surface area contributed by atoms with Crippen LogP contribution >= 0.6 is 0 Å². The average Bonchev–Trinajstić information content (AvgIpc) is 2.83. The quantitative estimate of drug-likeness (QED) is 0.481. The first kappa shape index (κ1) is 31.1. The minimum atomic E-state index is -0.167. The highest BCUT2D eigenvalue weighted by atomic mass is 16.5. The van der Waals surface area contributed by atoms with Crippen LogP contribution in [0.4, 0.5) is 0 Å². The van der Waals surface area contributed by atoms with E-state index in [1.165, 1.54) is 16.8 Å². The third-order valence-corrected chi connectivity index (χ3v) is 5.84. The predicted octanol–water partition coefficient (Wildman–Crippen LogP) is 7.21. The van der Waals surface area contributed by atoms with Crippen molar-refractivity contribution in [3.8, 4) is 0 Å². The van der Waals surface area contributed by atoms with E-state index in [0.29, 0.717) is 0 Å². The van der Waals surface area contributed by atoms with Crippen LogP contribution in [0.5, 0.6) is 0 Å². The Balaban J connectivity index is 0.00000113. The van der Waals surface area contributed by atoms with Crippen molar-refractivity contribution in [3.63, 3.8) is 0 Å². The number of nitrogens with zero attached hydrogens (tertiary/aromatic N) is 2. The van der Waals surface area contributed by atoms with Crippen LogP contribution in [0.3, 0.4) is 0 Å². The Hall–Kier alpha value is -1.94. The maximum absolute atomic E-state index is 8.06. The Morgan fingerprint density at radius 3 is 2.21 bits per heavy atom. The van der Waals surface area contributed by atoms with E-state index in [1.807, 2.05) is 34.0 Å². The van der Waals surface area contributed by atoms with Gasteiger partial charge in [0.25, 0.3) is 0 Å². The lowest BCUT2D eigenvalue weighted by atomic mass is 9.83. The van der Waals surface area contributed by atoms with Gasteiger partial charge in [0.1, 0.15) is 5.60 Å². The molecule has 4 nitrogen and oxygen atoms in total. The highest BCUT2D eigenvalue weighted by molar-refractivity contribution is 5.29. The Kier molecular flexibility index (Phi) is 15.7. The fraction of sp³-hybridized carbons (Fsp3) is 0.655. The van der Waals surface area contributed by atoms with E-state index < -0.39 is 0 Å². The fourth-order valence-corrected chi connectivity index (χ4v) is 4.07. The van der Waals surface area contributed by atoms with E-state index >= 15 is 0 Å². The summed E-state index contributed by atoms with van der Waals surface area (Å²) in [5.74, 6) is 0. The van der Waals surface area contributed by atoms with Gasteiger partial charge in [-0.15, -0.1) is 0 Å². The normalized spacial score (nSPS) is 21.0. The molecule has 190 valence electrons. The molecule has 3 aliphatic heterocycles. The number of piperidine rings is 1. The van der Waals surface area contributed by atoms with Crippen molar-refractivity contribution in [3.05, 3.63) is 60.2 Å². The molecule has 0 aliphatic carbocycles. The molecular formula is C29H52N2O2. The van der Waals surface area contributed by atoms with E-state index in [4.69, 9.17) is 9.84 Å². The monoisotopic (exact) mass is 460 g/mol. The topological polar surface area (TPSA) is 35.9 Å². The lowest BCUT2D eigenvalue weighted by Crippen LogP contribution is -2.48. The second-order valence-electron chi connectivity index (χ2n) is 8.59. The van der Waals surface area contributed by atoms with Crippen LogP contribution in [-0.2, 0) is 4.74 Å². The largest absolute Gasteiger partial charge is 0.494 e. The molecule has 0 aromatic heterocycles. The number of allylic oxidation sites excluding steroid dienone is 5. The van der Waals surface area contributed by atoms with Crippen molar-refractivity contribution in [1.29, 1.82) is 0 Å². The maximum Gasteiger partial charge on any atom is 0.112 e. The minimum Gasteiger partial charge on any atom is -0.494 e. The third kappa shape index (κ3) is 10.2. The molecule has 1 saturated heterocycles. The third-order valence-electron chi connectivity index (χ3n) is 5.84. The van der Waals surface area contributed by atoms with Crippen LogP contribution in [0.1, 0.15) is 87.5 Å². The van der Waals surface area contributed by atoms with Gasteiger partial charge < -0.3 is 19.6 Å². The summed E-state index contributed by atoms with van der Waals surface area (Å²) in [6.45, 7) is 22.2. The number of likely N-dealkylation sites (N-methyl/N-ethyl adjacent to an activating group) is 1. The molecule has 0 amide bonds. The van der Waals surface area contributed by atoms with E-state index in [9.17, 15) is 0 Å². The molecule has 0 saturated carbocycles. The molecule has 3 rings (SSSR count). The summed E-state index contributed by atoms with van der Waals surface area (Å²) in [7, 11) is 2.15. The van der Waals surface area contributed by atoms with Gasteiger partial charge in [0.2, 0.25) is 0 Å². The number of rotatable bonds is 4. The summed E-state index contributed by atoms with van der Waals surface area (Å²) in [6, 6.07) is 0.276. The summed E-state index contributed by atoms with van der Waals surface area (Å²) in [4.78, 5) is 4.74. The molecule has 1 N–H and O–H groups in total. The van der Waals surface area contributed by atoms with E-state index in [0.717, 1.165) is 45.2 Å². The smallest absolute Gasteiger partial charge is 0.112 e. The molecule has 0 bridgehead atoms. The Labute approximate surface area is 205 Å². The fourth-order valence-electron chi connectivity index (χ4n) is 4.07. The number of hydrogen-bond donors (Lipinski definition) is 1. The van der Waals surface area contributed by atoms with Crippen molar-refractivity contribution in [2.24, 2.45) is 0 Å². The zero-order valence-electron chi connectivity index (χ0n) is 23.0. The van der Waals surface area contributed by atoms with Gasteiger partial charge in [-0.25, -0.2) is 0 Å². The second-order valence-corrected chi connectivity index (χ2v) is 8.59. The molecule has 4 heteroatoms. The number of ether oxygens (including phenoxy) is 1. The number of aliphatic hydroxyl groups is 1. The van der Waals surface area contributed by atoms with Crippen molar-refractivity contribution >= 4 is 0 Å². The van der Waals surface area contributed by atoms with Gasteiger partial charge >= 0.3 is 0 Å². The number of likely N-dealkylation sites (tertiary alicyclic amines) is 1. The molecule has 1 fully saturated rings. The Bertz CT molecular complexity index is 662. The van der Waals surface area contributed by atoms with Gasteiger partial charge in [-0.05, 0) is 51.2 Å². The average molecular weight is 461 g/mol. The summed E-state index contributed by atoms with van der Waals surface area (Å²) in [5, 5.41) is 8.06. The molecule has 0 aromatic carbocycles. The van der Waals surface area contributed by atoms with Crippen molar-refractivity contribution in [2.75, 3.05) is 20.1 Å². The van der Waals surface area contributed by atoms with Crippen LogP contribution in [-0.4, -0.2) is 52.8 Å². The summed E-state index contributed by atoms with van der Waals surface area (Å²) >= 11 is 0. The highest BCUT2D eigenvalue weighted by Crippen LogP contribution is 2.37. The van der Waals surface area contributed by atoms with Crippen LogP contribution in [0.25, 0.3) is 0 Å². The molecule has 1 unspecified atom stereocenters. The zero-order chi connectivity index (χ0) is 25.4. The van der Waals surface area contributed by atoms with Crippen molar-refractivity contribution in [1.82, 2.24) is 9.80 Å². The van der Waals surface area contributed by atoms with Crippen LogP contribution in [0.2, 0.25) is 0 Å². The second kappa shape index (κ2) is 16.6. The van der Waals surface area contributed by atoms with Gasteiger partial charge in [0.05, 0.1) is 12.3 Å². The van der Waals surface area contributed by atoms with Crippen LogP contribution in [0.15, 0.2) is 60.2 Å². The number of aliphatic hydroxyl groups excluding tert-OH is 1. The first-order valence-corrected chi connectivity index (χ1v) is 13.0. The first-order chi connectivity index (χ1) is 15.8. The first-order valence-electron chi connectivity index (χ1n) is 13.0. The van der Waals surface area contributed by atoms with Crippen molar-refractivity contribution < 1.29 is 9.84 Å². The highest BCUT2D eigenvalue weighted by Gasteiger charge is 2.38. The lowest BCUT2D eigenvalue weighted by Gasteiger charge is -2.46. The summed E-state index contributed by atoms with van der Waals surface area (Å²) in [6.07, 6.45) is 18.4. The van der Waals surface area contributed by atoms with Gasteiger partial charge in [-0.1, -0.05) is 65.5 Å². The lowest BCUT2D eigenvalue weighted by molar-refractivity contribution is -0.0431. The van der Waals surface area contributed by atoms with Crippen LogP contribution < -0.4 is 0 Å². The van der Waals surface area contributed by atoms with Gasteiger partial charge in [-0.3, -0.25) is 0 Å². The van der Waals surface area contributed by atoms with Crippen molar-refractivity contribution in [2.45, 2.75) is 105 Å². The molecule has 0 aromatic rings. The summed E-state index contributed by atoms with van der Waals surface area (Å²) < 4.78 is 6.19. The molecule has 3 aliphatic rings. The molecule has 1 atom stereocenters. The molecule has 3 heterocycles. The maximum atomic E-state index is 8.06. The molecular weight excluding hydrogens is 408 g/mol. The van der Waals surface area contributed by atoms with Gasteiger partial charge in [0.15, 0.2) is 0 Å². The standard InChI is InChI=1S/C22H32N2O.C3H8O.2C2H6/c1-5-7-20-10-11-22(25-17-20)12-14-24(15-13-22)18(3)21-9-8-19(6-2)16-23(21)4;1-3(2)4;2*1-2/h5,7-9,16-17,21H,3,6,10-15H2,1-2,4H3;3-4H,1-2H3;2*1-2H3/b7-5-;;;. The van der Waals surface area contributed by atoms with E-state index in [2.05, 4.69) is 67.8 Å². The summed E-state index contributed by atoms with van der Waals surface area (Å²) in [5.41, 5.74) is 3.95. The minimum absolute atomic E-state index is 0.0471. The SMILES string of the molecule is C=C(C1C=CC(CC)=CN1C)N1CCC2(CCC(/C=C\C)=CO2)CC1.CC.CC.CC(C)O. The number of hydrogen-bond acceptors (Lipinski definition) is 4.